The number of hydrogen-bond acceptors (Lipinski definition) is 3. The lowest BCUT2D eigenvalue weighted by atomic mass is 10.1. The predicted octanol–water partition coefficient (Wildman–Crippen LogP) is 4.72. The van der Waals surface area contributed by atoms with E-state index in [0.717, 1.165) is 26.0 Å². The number of hydrogen-bond donors (Lipinski definition) is 1. The predicted molar refractivity (Wildman–Crippen MR) is 115 cm³/mol. The minimum atomic E-state index is -3.61. The SMILES string of the molecule is Cc1ccn2cc(-c3ccc(NS(=O)(=O)c4ccc(I)cc4)cc3)nc2c1. The molecule has 0 aliphatic heterocycles. The van der Waals surface area contributed by atoms with E-state index in [9.17, 15) is 8.42 Å². The summed E-state index contributed by atoms with van der Waals surface area (Å²) in [4.78, 5) is 4.87. The van der Waals surface area contributed by atoms with Gasteiger partial charge in [-0.2, -0.15) is 0 Å². The van der Waals surface area contributed by atoms with Crippen LogP contribution in [0.4, 0.5) is 5.69 Å². The maximum absolute atomic E-state index is 12.5. The molecule has 0 bridgehead atoms. The Morgan fingerprint density at radius 2 is 1.70 bits per heavy atom. The lowest BCUT2D eigenvalue weighted by Gasteiger charge is -2.08. The number of rotatable bonds is 4. The van der Waals surface area contributed by atoms with E-state index >= 15 is 0 Å². The molecule has 0 fully saturated rings. The van der Waals surface area contributed by atoms with Crippen molar-refractivity contribution >= 4 is 43.9 Å². The van der Waals surface area contributed by atoms with Gasteiger partial charge in [0.05, 0.1) is 10.6 Å². The number of halogens is 1. The second-order valence-corrected chi connectivity index (χ2v) is 9.16. The lowest BCUT2D eigenvalue weighted by molar-refractivity contribution is 0.601. The van der Waals surface area contributed by atoms with Gasteiger partial charge in [-0.25, -0.2) is 13.4 Å². The summed E-state index contributed by atoms with van der Waals surface area (Å²) in [6.07, 6.45) is 3.93. The molecule has 2 aromatic heterocycles. The van der Waals surface area contributed by atoms with Crippen molar-refractivity contribution in [3.63, 3.8) is 0 Å². The Kier molecular flexibility index (Phi) is 4.65. The number of pyridine rings is 1. The molecule has 136 valence electrons. The Morgan fingerprint density at radius 1 is 1.00 bits per heavy atom. The number of benzene rings is 2. The Balaban J connectivity index is 1.58. The van der Waals surface area contributed by atoms with Crippen molar-refractivity contribution in [2.75, 3.05) is 4.72 Å². The van der Waals surface area contributed by atoms with Crippen LogP contribution in [0.3, 0.4) is 0 Å². The van der Waals surface area contributed by atoms with E-state index < -0.39 is 10.0 Å². The smallest absolute Gasteiger partial charge is 0.261 e. The van der Waals surface area contributed by atoms with E-state index in [1.165, 1.54) is 0 Å². The number of fused-ring (bicyclic) bond motifs is 1. The van der Waals surface area contributed by atoms with Gasteiger partial charge >= 0.3 is 0 Å². The van der Waals surface area contributed by atoms with E-state index in [1.54, 1.807) is 36.4 Å². The van der Waals surface area contributed by atoms with Crippen molar-refractivity contribution in [2.24, 2.45) is 0 Å². The van der Waals surface area contributed by atoms with Crippen LogP contribution in [0.15, 0.2) is 78.0 Å². The maximum atomic E-state index is 12.5. The molecule has 0 aliphatic rings. The standard InChI is InChI=1S/C20H16IN3O2S/c1-14-10-11-24-13-19(22-20(24)12-14)15-2-6-17(7-3-15)23-27(25,26)18-8-4-16(21)5-9-18/h2-13,23H,1H3. The molecular weight excluding hydrogens is 473 g/mol. The third-order valence-electron chi connectivity index (χ3n) is 4.17. The molecule has 4 aromatic rings. The van der Waals surface area contributed by atoms with Crippen LogP contribution >= 0.6 is 22.6 Å². The molecular formula is C20H16IN3O2S. The molecule has 0 aliphatic carbocycles. The van der Waals surface area contributed by atoms with Gasteiger partial charge in [-0.05, 0) is 83.6 Å². The van der Waals surface area contributed by atoms with Crippen LogP contribution in [0.2, 0.25) is 0 Å². The third kappa shape index (κ3) is 3.84. The summed E-state index contributed by atoms with van der Waals surface area (Å²) < 4.78 is 30.5. The van der Waals surface area contributed by atoms with E-state index in [-0.39, 0.29) is 4.90 Å². The molecule has 1 N–H and O–H groups in total. The zero-order chi connectivity index (χ0) is 19.0. The highest BCUT2D eigenvalue weighted by Gasteiger charge is 2.14. The summed E-state index contributed by atoms with van der Waals surface area (Å²) in [5.41, 5.74) is 4.31. The fourth-order valence-corrected chi connectivity index (χ4v) is 4.18. The fourth-order valence-electron chi connectivity index (χ4n) is 2.76. The van der Waals surface area contributed by atoms with Crippen molar-refractivity contribution in [1.82, 2.24) is 9.38 Å². The van der Waals surface area contributed by atoms with E-state index in [0.29, 0.717) is 5.69 Å². The first-order valence-electron chi connectivity index (χ1n) is 8.25. The summed E-state index contributed by atoms with van der Waals surface area (Å²) in [7, 11) is -3.61. The van der Waals surface area contributed by atoms with E-state index in [1.807, 2.05) is 48.0 Å². The van der Waals surface area contributed by atoms with Gasteiger partial charge in [-0.3, -0.25) is 4.72 Å². The fraction of sp³-hybridized carbons (Fsp3) is 0.0500. The summed E-state index contributed by atoms with van der Waals surface area (Å²) in [5, 5.41) is 0. The molecule has 0 amide bonds. The number of sulfonamides is 1. The summed E-state index contributed by atoms with van der Waals surface area (Å²) >= 11 is 2.14. The van der Waals surface area contributed by atoms with Crippen molar-refractivity contribution in [2.45, 2.75) is 11.8 Å². The van der Waals surface area contributed by atoms with Gasteiger partial charge in [-0.1, -0.05) is 12.1 Å². The van der Waals surface area contributed by atoms with Crippen LogP contribution in [0.5, 0.6) is 0 Å². The minimum absolute atomic E-state index is 0.239. The average Bonchev–Trinajstić information content (AvgIpc) is 3.05. The largest absolute Gasteiger partial charge is 0.306 e. The molecule has 2 heterocycles. The van der Waals surface area contributed by atoms with Gasteiger partial charge in [0, 0.05) is 27.2 Å². The number of anilines is 1. The van der Waals surface area contributed by atoms with Gasteiger partial charge in [0.2, 0.25) is 0 Å². The van der Waals surface area contributed by atoms with Crippen molar-refractivity contribution in [3.05, 3.63) is 82.2 Å². The van der Waals surface area contributed by atoms with Crippen LogP contribution in [-0.4, -0.2) is 17.8 Å². The van der Waals surface area contributed by atoms with Gasteiger partial charge < -0.3 is 4.40 Å². The van der Waals surface area contributed by atoms with E-state index in [2.05, 4.69) is 32.3 Å². The summed E-state index contributed by atoms with van der Waals surface area (Å²) in [5.74, 6) is 0. The van der Waals surface area contributed by atoms with Gasteiger partial charge in [0.25, 0.3) is 10.0 Å². The number of nitrogens with zero attached hydrogens (tertiary/aromatic N) is 2. The highest BCUT2D eigenvalue weighted by atomic mass is 127. The van der Waals surface area contributed by atoms with Crippen LogP contribution in [0.25, 0.3) is 16.9 Å². The first kappa shape index (κ1) is 18.0. The van der Waals surface area contributed by atoms with Crippen molar-refractivity contribution < 1.29 is 8.42 Å². The first-order chi connectivity index (χ1) is 12.9. The molecule has 0 saturated heterocycles. The Hall–Kier alpha value is -2.39. The number of nitrogens with one attached hydrogen (secondary N) is 1. The molecule has 0 atom stereocenters. The maximum Gasteiger partial charge on any atom is 0.261 e. The van der Waals surface area contributed by atoms with Gasteiger partial charge in [0.1, 0.15) is 5.65 Å². The summed E-state index contributed by atoms with van der Waals surface area (Å²) in [6.45, 7) is 2.03. The molecule has 0 spiro atoms. The second kappa shape index (κ2) is 6.97. The monoisotopic (exact) mass is 489 g/mol. The van der Waals surface area contributed by atoms with Crippen LogP contribution in [0, 0.1) is 10.5 Å². The van der Waals surface area contributed by atoms with Crippen LogP contribution < -0.4 is 4.72 Å². The highest BCUT2D eigenvalue weighted by Crippen LogP contribution is 2.23. The topological polar surface area (TPSA) is 63.5 Å². The summed E-state index contributed by atoms with van der Waals surface area (Å²) in [6, 6.07) is 18.0. The number of aryl methyl sites for hydroxylation is 1. The normalized spacial score (nSPS) is 11.6. The van der Waals surface area contributed by atoms with E-state index in [4.69, 9.17) is 0 Å². The van der Waals surface area contributed by atoms with Gasteiger partial charge in [0.15, 0.2) is 0 Å². The minimum Gasteiger partial charge on any atom is -0.306 e. The van der Waals surface area contributed by atoms with Crippen molar-refractivity contribution in [1.29, 1.82) is 0 Å². The van der Waals surface area contributed by atoms with Crippen LogP contribution in [0.1, 0.15) is 5.56 Å². The molecule has 2 aromatic carbocycles. The zero-order valence-electron chi connectivity index (χ0n) is 14.4. The molecule has 27 heavy (non-hydrogen) atoms. The molecule has 0 radical (unpaired) electrons. The first-order valence-corrected chi connectivity index (χ1v) is 10.8. The lowest BCUT2D eigenvalue weighted by Crippen LogP contribution is -2.12. The van der Waals surface area contributed by atoms with Gasteiger partial charge in [-0.15, -0.1) is 0 Å². The van der Waals surface area contributed by atoms with Crippen molar-refractivity contribution in [3.8, 4) is 11.3 Å². The second-order valence-electron chi connectivity index (χ2n) is 6.23. The number of imidazole rings is 1. The zero-order valence-corrected chi connectivity index (χ0v) is 17.4. The highest BCUT2D eigenvalue weighted by molar-refractivity contribution is 14.1. The molecule has 0 saturated carbocycles. The Bertz CT molecular complexity index is 1210. The third-order valence-corrected chi connectivity index (χ3v) is 6.29. The molecule has 4 rings (SSSR count). The molecule has 0 unspecified atom stereocenters. The average molecular weight is 489 g/mol. The van der Waals surface area contributed by atoms with Crippen LogP contribution in [-0.2, 0) is 10.0 Å². The Morgan fingerprint density at radius 3 is 2.41 bits per heavy atom. The number of aromatic nitrogens is 2. The molecule has 7 heteroatoms. The quantitative estimate of drug-likeness (QED) is 0.423. The molecule has 5 nitrogen and oxygen atoms in total. The Labute approximate surface area is 171 Å².